The molecule has 9 heteroatoms. The van der Waals surface area contributed by atoms with E-state index in [4.69, 9.17) is 4.74 Å². The van der Waals surface area contributed by atoms with Crippen LogP contribution in [0.4, 0.5) is 8.78 Å². The van der Waals surface area contributed by atoms with Crippen molar-refractivity contribution < 1.29 is 23.1 Å². The van der Waals surface area contributed by atoms with Crippen LogP contribution < -0.4 is 5.32 Å². The molecular formula is C35H46F2N3O3P. The lowest BCUT2D eigenvalue weighted by atomic mass is 9.84. The van der Waals surface area contributed by atoms with E-state index in [1.165, 1.54) is 6.07 Å². The molecule has 1 aliphatic rings. The lowest BCUT2D eigenvalue weighted by Crippen LogP contribution is -2.35. The van der Waals surface area contributed by atoms with Crippen LogP contribution in [0.25, 0.3) is 16.6 Å². The van der Waals surface area contributed by atoms with Crippen LogP contribution in [-0.2, 0) is 20.9 Å². The summed E-state index contributed by atoms with van der Waals surface area (Å²) in [5.74, 6) is -1.78. The molecule has 1 aliphatic heterocycles. The van der Waals surface area contributed by atoms with E-state index in [0.717, 1.165) is 71.6 Å². The Morgan fingerprint density at radius 3 is 2.39 bits per heavy atom. The highest BCUT2D eigenvalue weighted by molar-refractivity contribution is 7.22. The number of fused-ring (bicyclic) bond motifs is 2. The highest BCUT2D eigenvalue weighted by Gasteiger charge is 2.35. The molecule has 44 heavy (non-hydrogen) atoms. The van der Waals surface area contributed by atoms with Gasteiger partial charge in [0.25, 0.3) is 0 Å². The zero-order valence-corrected chi connectivity index (χ0v) is 27.8. The van der Waals surface area contributed by atoms with Crippen LogP contribution in [0.5, 0.6) is 0 Å². The fourth-order valence-corrected chi connectivity index (χ4v) is 5.34. The average Bonchev–Trinajstić information content (AvgIpc) is 3.31. The third-order valence-electron chi connectivity index (χ3n) is 7.41. The van der Waals surface area contributed by atoms with Gasteiger partial charge in [-0.25, -0.2) is 13.8 Å². The van der Waals surface area contributed by atoms with Crippen molar-refractivity contribution in [3.63, 3.8) is 0 Å². The first-order chi connectivity index (χ1) is 20.8. The first-order valence-electron chi connectivity index (χ1n) is 14.8. The molecule has 2 atom stereocenters. The number of halogens is 2. The number of methoxy groups -OCH3 is 1. The number of carbonyl (C=O) groups excluding carboxylic acids is 2. The first-order valence-corrected chi connectivity index (χ1v) is 15.4. The number of rotatable bonds is 15. The molecule has 0 saturated carbocycles. The quantitative estimate of drug-likeness (QED) is 0.159. The van der Waals surface area contributed by atoms with Gasteiger partial charge in [0.15, 0.2) is 11.6 Å². The van der Waals surface area contributed by atoms with Gasteiger partial charge < -0.3 is 19.7 Å². The summed E-state index contributed by atoms with van der Waals surface area (Å²) in [5.41, 5.74) is 4.65. The van der Waals surface area contributed by atoms with Crippen LogP contribution in [0.3, 0.4) is 0 Å². The minimum atomic E-state index is -0.928. The molecule has 0 radical (unpaired) electrons. The largest absolute Gasteiger partial charge is 0.382 e. The molecule has 2 aromatic rings. The lowest BCUT2D eigenvalue weighted by molar-refractivity contribution is -0.121. The molecular weight excluding hydrogens is 579 g/mol. The van der Waals surface area contributed by atoms with Crippen LogP contribution in [0.2, 0.25) is 0 Å². The number of carbonyl (C=O) groups is 2. The number of aromatic nitrogens is 1. The molecule has 1 aromatic carbocycles. The Kier molecular flexibility index (Phi) is 14.3. The van der Waals surface area contributed by atoms with Crippen molar-refractivity contribution in [3.05, 3.63) is 95.3 Å². The van der Waals surface area contributed by atoms with Crippen molar-refractivity contribution in [2.75, 3.05) is 13.7 Å². The van der Waals surface area contributed by atoms with Crippen molar-refractivity contribution in [1.82, 2.24) is 15.2 Å². The summed E-state index contributed by atoms with van der Waals surface area (Å²) in [6.45, 7) is 20.0. The molecule has 0 fully saturated rings. The minimum Gasteiger partial charge on any atom is -0.382 e. The molecule has 0 spiro atoms. The third kappa shape index (κ3) is 9.76. The van der Waals surface area contributed by atoms with Gasteiger partial charge in [-0.05, 0) is 69.7 Å². The number of hydrogen-bond donors (Lipinski definition) is 1. The fourth-order valence-electron chi connectivity index (χ4n) is 5.14. The smallest absolute Gasteiger partial charge is 0.161 e. The van der Waals surface area contributed by atoms with E-state index in [-0.39, 0.29) is 12.2 Å². The van der Waals surface area contributed by atoms with Crippen LogP contribution >= 0.6 is 9.24 Å². The Morgan fingerprint density at radius 1 is 1.16 bits per heavy atom. The summed E-state index contributed by atoms with van der Waals surface area (Å²) < 4.78 is 33.6. The first kappa shape index (κ1) is 36.7. The Morgan fingerprint density at radius 2 is 1.84 bits per heavy atom. The number of aldehydes is 1. The molecule has 0 bridgehead atoms. The molecule has 0 aliphatic carbocycles. The van der Waals surface area contributed by atoms with Crippen molar-refractivity contribution in [2.24, 2.45) is 0 Å². The molecule has 238 valence electrons. The maximum atomic E-state index is 13.9. The van der Waals surface area contributed by atoms with E-state index in [1.54, 1.807) is 14.0 Å². The summed E-state index contributed by atoms with van der Waals surface area (Å²) in [7, 11) is 4.20. The van der Waals surface area contributed by atoms with E-state index in [0.29, 0.717) is 36.1 Å². The normalized spacial score (nSPS) is 14.9. The number of ether oxygens (including phenoxy) is 1. The maximum absolute atomic E-state index is 13.9. The van der Waals surface area contributed by atoms with Crippen LogP contribution in [-0.4, -0.2) is 41.2 Å². The van der Waals surface area contributed by atoms with Gasteiger partial charge in [-0.3, -0.25) is 4.79 Å². The highest BCUT2D eigenvalue weighted by atomic mass is 31.0. The summed E-state index contributed by atoms with van der Waals surface area (Å²) in [6, 6.07) is 4.14. The lowest BCUT2D eigenvalue weighted by Gasteiger charge is -2.33. The Bertz CT molecular complexity index is 1460. The van der Waals surface area contributed by atoms with Crippen molar-refractivity contribution in [1.29, 1.82) is 0 Å². The van der Waals surface area contributed by atoms with Gasteiger partial charge in [0, 0.05) is 41.9 Å². The van der Waals surface area contributed by atoms with E-state index < -0.39 is 17.2 Å². The number of nitrogens with one attached hydrogen (secondary N) is 1. The summed E-state index contributed by atoms with van der Waals surface area (Å²) in [4.78, 5) is 28.8. The molecule has 6 nitrogen and oxygen atoms in total. The summed E-state index contributed by atoms with van der Waals surface area (Å²) >= 11 is 0. The van der Waals surface area contributed by atoms with Gasteiger partial charge in [-0.15, -0.1) is 9.24 Å². The third-order valence-corrected chi connectivity index (χ3v) is 7.70. The SMILES string of the molecule is C=C(C)N1Cc2cc3cc(F)c(F)cc3nc2/C1=C/C(=C/CC)C(CC)(CC(C)=O)OC.C=C(P)CCCC(=C)NCC=O. The van der Waals surface area contributed by atoms with E-state index >= 15 is 0 Å². The Balaban J connectivity index is 0.000000477. The van der Waals surface area contributed by atoms with Gasteiger partial charge in [0.1, 0.15) is 12.1 Å². The summed E-state index contributed by atoms with van der Waals surface area (Å²) in [6.07, 6.45) is 9.46. The number of ketones is 1. The van der Waals surface area contributed by atoms with Crippen LogP contribution in [0.1, 0.15) is 77.5 Å². The van der Waals surface area contributed by atoms with Crippen LogP contribution in [0.15, 0.2) is 72.4 Å². The number of hydrogen-bond acceptors (Lipinski definition) is 6. The Hall–Kier alpha value is -3.48. The molecule has 0 saturated heterocycles. The number of allylic oxidation sites excluding steroid dienone is 4. The van der Waals surface area contributed by atoms with Crippen molar-refractivity contribution in [2.45, 2.75) is 78.4 Å². The highest BCUT2D eigenvalue weighted by Crippen LogP contribution is 2.40. The zero-order valence-electron chi connectivity index (χ0n) is 26.7. The van der Waals surface area contributed by atoms with Gasteiger partial charge in [0.05, 0.1) is 35.6 Å². The number of benzene rings is 1. The van der Waals surface area contributed by atoms with E-state index in [9.17, 15) is 18.4 Å². The minimum absolute atomic E-state index is 0.0410. The second-order valence-electron chi connectivity index (χ2n) is 11.0. The van der Waals surface area contributed by atoms with Crippen molar-refractivity contribution in [3.8, 4) is 0 Å². The molecule has 2 unspecified atom stereocenters. The number of nitrogens with zero attached hydrogens (tertiary/aromatic N) is 2. The second kappa shape index (κ2) is 17.1. The molecule has 1 N–H and O–H groups in total. The topological polar surface area (TPSA) is 71.5 Å². The van der Waals surface area contributed by atoms with Crippen molar-refractivity contribution >= 4 is 37.9 Å². The van der Waals surface area contributed by atoms with Gasteiger partial charge >= 0.3 is 0 Å². The Labute approximate surface area is 263 Å². The fraction of sp³-hybridized carbons (Fsp3) is 0.400. The monoisotopic (exact) mass is 625 g/mol. The molecule has 0 amide bonds. The average molecular weight is 626 g/mol. The van der Waals surface area contributed by atoms with E-state index in [2.05, 4.69) is 45.4 Å². The maximum Gasteiger partial charge on any atom is 0.161 e. The molecule has 3 rings (SSSR count). The zero-order chi connectivity index (χ0) is 33.0. The molecule has 1 aromatic heterocycles. The van der Waals surface area contributed by atoms with Gasteiger partial charge in [-0.2, -0.15) is 0 Å². The standard InChI is InChI=1S/C26H30F2N2O2.C9H16NOP/c1-7-9-20(26(8-2,32-6)14-17(5)31)12-24-25-19(15-30(24)16(3)4)10-18-11-21(27)22(28)13-23(18)29-25;1-8(10-6-7-11)4-3-5-9(2)12/h9-13H,3,7-8,14-15H2,1-2,4-6H3;7,10H,1-6,12H2/b20-9-,24-12-;. The van der Waals surface area contributed by atoms with Gasteiger partial charge in [-0.1, -0.05) is 45.0 Å². The number of pyridine rings is 1. The molecule has 2 heterocycles. The number of Topliss-reactive ketones (excluding diaryl/α,β-unsaturated/α-hetero) is 1. The predicted octanol–water partition coefficient (Wildman–Crippen LogP) is 8.16. The predicted molar refractivity (Wildman–Crippen MR) is 180 cm³/mol. The van der Waals surface area contributed by atoms with E-state index in [1.807, 2.05) is 37.8 Å². The van der Waals surface area contributed by atoms with Gasteiger partial charge in [0.2, 0.25) is 0 Å². The summed E-state index contributed by atoms with van der Waals surface area (Å²) in [5, 5.41) is 4.56. The van der Waals surface area contributed by atoms with Crippen LogP contribution in [0, 0.1) is 11.6 Å². The second-order valence-corrected chi connectivity index (χ2v) is 11.8.